The lowest BCUT2D eigenvalue weighted by atomic mass is 10.2. The normalized spacial score (nSPS) is 12.2. The topological polar surface area (TPSA) is 39.9 Å². The van der Waals surface area contributed by atoms with Crippen molar-refractivity contribution in [3.8, 4) is 5.75 Å². The Kier molecular flexibility index (Phi) is 6.35. The molecule has 0 radical (unpaired) electrons. The molecule has 3 rings (SSSR count). The summed E-state index contributed by atoms with van der Waals surface area (Å²) in [6.07, 6.45) is -0.330. The van der Waals surface area contributed by atoms with E-state index in [2.05, 4.69) is 10.2 Å². The number of ether oxygens (including phenoxy) is 1. The molecule has 0 bridgehead atoms. The zero-order chi connectivity index (χ0) is 18.7. The highest BCUT2D eigenvalue weighted by Crippen LogP contribution is 2.32. The zero-order valence-electron chi connectivity index (χ0n) is 14.1. The fourth-order valence-electron chi connectivity index (χ4n) is 2.39. The molecule has 4 nitrogen and oxygen atoms in total. The number of aromatic nitrogens is 3. The minimum absolute atomic E-state index is 0.330. The SMILES string of the molecule is CC(Oc1cc(Cl)ccc1Cl)c1nnc(SCc2cccc(Cl)c2)n1C. The lowest BCUT2D eigenvalue weighted by Crippen LogP contribution is -2.10. The van der Waals surface area contributed by atoms with E-state index in [1.54, 1.807) is 30.0 Å². The molecule has 1 atom stereocenters. The van der Waals surface area contributed by atoms with Crippen LogP contribution in [0.4, 0.5) is 0 Å². The quantitative estimate of drug-likeness (QED) is 0.438. The van der Waals surface area contributed by atoms with Gasteiger partial charge in [-0.15, -0.1) is 10.2 Å². The predicted molar refractivity (Wildman–Crippen MR) is 108 cm³/mol. The van der Waals surface area contributed by atoms with Gasteiger partial charge in [-0.25, -0.2) is 0 Å². The predicted octanol–water partition coefficient (Wildman–Crippen LogP) is 6.21. The van der Waals surface area contributed by atoms with E-state index < -0.39 is 0 Å². The van der Waals surface area contributed by atoms with Gasteiger partial charge in [-0.2, -0.15) is 0 Å². The molecule has 0 fully saturated rings. The first-order chi connectivity index (χ1) is 12.4. The van der Waals surface area contributed by atoms with E-state index in [-0.39, 0.29) is 6.10 Å². The van der Waals surface area contributed by atoms with E-state index in [1.165, 1.54) is 0 Å². The summed E-state index contributed by atoms with van der Waals surface area (Å²) in [6, 6.07) is 12.9. The molecule has 1 unspecified atom stereocenters. The Hall–Kier alpha value is -1.40. The highest BCUT2D eigenvalue weighted by molar-refractivity contribution is 7.98. The molecule has 0 spiro atoms. The van der Waals surface area contributed by atoms with Crippen LogP contribution in [-0.2, 0) is 12.8 Å². The fourth-order valence-corrected chi connectivity index (χ4v) is 3.79. The van der Waals surface area contributed by atoms with Crippen molar-refractivity contribution in [2.45, 2.75) is 23.9 Å². The Balaban J connectivity index is 1.70. The molecule has 1 heterocycles. The zero-order valence-corrected chi connectivity index (χ0v) is 17.2. The fraction of sp³-hybridized carbons (Fsp3) is 0.222. The number of benzene rings is 2. The molecule has 26 heavy (non-hydrogen) atoms. The number of nitrogens with zero attached hydrogens (tertiary/aromatic N) is 3. The molecule has 8 heteroatoms. The van der Waals surface area contributed by atoms with Gasteiger partial charge >= 0.3 is 0 Å². The van der Waals surface area contributed by atoms with Gasteiger partial charge in [-0.3, -0.25) is 0 Å². The molecule has 0 aliphatic carbocycles. The summed E-state index contributed by atoms with van der Waals surface area (Å²) in [7, 11) is 1.91. The van der Waals surface area contributed by atoms with Crippen molar-refractivity contribution in [1.82, 2.24) is 14.8 Å². The first kappa shape index (κ1) is 19.4. The largest absolute Gasteiger partial charge is 0.481 e. The van der Waals surface area contributed by atoms with Crippen molar-refractivity contribution in [2.24, 2.45) is 7.05 Å². The second kappa shape index (κ2) is 8.53. The molecule has 0 aliphatic heterocycles. The third-order valence-corrected chi connectivity index (χ3v) is 5.56. The van der Waals surface area contributed by atoms with Gasteiger partial charge in [-0.1, -0.05) is 58.7 Å². The maximum absolute atomic E-state index is 6.16. The number of rotatable bonds is 6. The van der Waals surface area contributed by atoms with E-state index in [0.29, 0.717) is 21.6 Å². The van der Waals surface area contributed by atoms with Crippen LogP contribution in [0.15, 0.2) is 47.6 Å². The van der Waals surface area contributed by atoms with Crippen LogP contribution in [-0.4, -0.2) is 14.8 Å². The van der Waals surface area contributed by atoms with Crippen LogP contribution in [0, 0.1) is 0 Å². The van der Waals surface area contributed by atoms with Gasteiger partial charge in [0, 0.05) is 28.9 Å². The van der Waals surface area contributed by atoms with Gasteiger partial charge in [-0.05, 0) is 36.8 Å². The van der Waals surface area contributed by atoms with Crippen molar-refractivity contribution < 1.29 is 4.74 Å². The standard InChI is InChI=1S/C18H16Cl3N3OS/c1-11(25-16-9-14(20)6-7-15(16)21)17-22-23-18(24(17)2)26-10-12-4-3-5-13(19)8-12/h3-9,11H,10H2,1-2H3. The lowest BCUT2D eigenvalue weighted by molar-refractivity contribution is 0.211. The molecule has 0 amide bonds. The summed E-state index contributed by atoms with van der Waals surface area (Å²) < 4.78 is 7.83. The Morgan fingerprint density at radius 1 is 1.08 bits per heavy atom. The number of hydrogen-bond acceptors (Lipinski definition) is 4. The molecular weight excluding hydrogens is 413 g/mol. The van der Waals surface area contributed by atoms with Crippen LogP contribution >= 0.6 is 46.6 Å². The number of thioether (sulfide) groups is 1. The summed E-state index contributed by atoms with van der Waals surface area (Å²) in [4.78, 5) is 0. The van der Waals surface area contributed by atoms with Crippen molar-refractivity contribution in [1.29, 1.82) is 0 Å². The average Bonchev–Trinajstić information content (AvgIpc) is 2.97. The first-order valence-electron chi connectivity index (χ1n) is 7.82. The van der Waals surface area contributed by atoms with Gasteiger partial charge in [0.15, 0.2) is 17.1 Å². The van der Waals surface area contributed by atoms with Gasteiger partial charge in [0.2, 0.25) is 0 Å². The molecule has 136 valence electrons. The van der Waals surface area contributed by atoms with E-state index >= 15 is 0 Å². The molecule has 2 aromatic carbocycles. The van der Waals surface area contributed by atoms with Crippen LogP contribution in [0.3, 0.4) is 0 Å². The molecule has 3 aromatic rings. The third kappa shape index (κ3) is 4.65. The summed E-state index contributed by atoms with van der Waals surface area (Å²) in [5, 5.41) is 11.1. The Bertz CT molecular complexity index is 916. The van der Waals surface area contributed by atoms with Gasteiger partial charge in [0.05, 0.1) is 5.02 Å². The van der Waals surface area contributed by atoms with Crippen LogP contribution in [0.25, 0.3) is 0 Å². The highest BCUT2D eigenvalue weighted by Gasteiger charge is 2.18. The van der Waals surface area contributed by atoms with E-state index in [4.69, 9.17) is 39.5 Å². The van der Waals surface area contributed by atoms with Gasteiger partial charge < -0.3 is 9.30 Å². The van der Waals surface area contributed by atoms with Crippen LogP contribution in [0.5, 0.6) is 5.75 Å². The summed E-state index contributed by atoms with van der Waals surface area (Å²) in [5.74, 6) is 1.97. The van der Waals surface area contributed by atoms with Crippen LogP contribution < -0.4 is 4.74 Å². The minimum Gasteiger partial charge on any atom is -0.481 e. The Labute approximate surface area is 171 Å². The summed E-state index contributed by atoms with van der Waals surface area (Å²) in [6.45, 7) is 1.90. The molecule has 0 saturated carbocycles. The molecular formula is C18H16Cl3N3OS. The van der Waals surface area contributed by atoms with Crippen molar-refractivity contribution >= 4 is 46.6 Å². The minimum atomic E-state index is -0.330. The number of halogens is 3. The molecule has 0 aliphatic rings. The Morgan fingerprint density at radius 3 is 2.62 bits per heavy atom. The van der Waals surface area contributed by atoms with E-state index in [1.807, 2.05) is 42.8 Å². The maximum Gasteiger partial charge on any atom is 0.191 e. The first-order valence-corrected chi connectivity index (χ1v) is 9.94. The monoisotopic (exact) mass is 427 g/mol. The average molecular weight is 429 g/mol. The number of hydrogen-bond donors (Lipinski definition) is 0. The van der Waals surface area contributed by atoms with Gasteiger partial charge in [0.25, 0.3) is 0 Å². The second-order valence-corrected chi connectivity index (χ2v) is 7.88. The van der Waals surface area contributed by atoms with E-state index in [9.17, 15) is 0 Å². The van der Waals surface area contributed by atoms with Gasteiger partial charge in [0.1, 0.15) is 5.75 Å². The van der Waals surface area contributed by atoms with Crippen molar-refractivity contribution in [3.63, 3.8) is 0 Å². The summed E-state index contributed by atoms with van der Waals surface area (Å²) >= 11 is 19.8. The smallest absolute Gasteiger partial charge is 0.191 e. The van der Waals surface area contributed by atoms with Crippen molar-refractivity contribution in [3.05, 3.63) is 68.9 Å². The second-order valence-electron chi connectivity index (χ2n) is 5.65. The van der Waals surface area contributed by atoms with Crippen LogP contribution in [0.1, 0.15) is 24.4 Å². The molecule has 0 saturated heterocycles. The highest BCUT2D eigenvalue weighted by atomic mass is 35.5. The lowest BCUT2D eigenvalue weighted by Gasteiger charge is -2.15. The van der Waals surface area contributed by atoms with E-state index in [0.717, 1.165) is 21.5 Å². The van der Waals surface area contributed by atoms with Crippen LogP contribution in [0.2, 0.25) is 15.1 Å². The maximum atomic E-state index is 6.16. The Morgan fingerprint density at radius 2 is 1.85 bits per heavy atom. The van der Waals surface area contributed by atoms with Crippen molar-refractivity contribution in [2.75, 3.05) is 0 Å². The summed E-state index contributed by atoms with van der Waals surface area (Å²) in [5.41, 5.74) is 1.13. The third-order valence-electron chi connectivity index (χ3n) is 3.69. The molecule has 1 aromatic heterocycles. The molecule has 0 N–H and O–H groups in total.